The number of aliphatic hydroxyl groups is 1. The Kier molecular flexibility index (Phi) is 3.12. The number of hydrogen-bond acceptors (Lipinski definition) is 1. The number of benzene rings is 1. The van der Waals surface area contributed by atoms with Gasteiger partial charge in [0.25, 0.3) is 0 Å². The van der Waals surface area contributed by atoms with E-state index < -0.39 is 0 Å². The predicted molar refractivity (Wildman–Crippen MR) is 51.7 cm³/mol. The summed E-state index contributed by atoms with van der Waals surface area (Å²) in [6, 6.07) is 5.78. The summed E-state index contributed by atoms with van der Waals surface area (Å²) in [5.41, 5.74) is 2.20. The van der Waals surface area contributed by atoms with Crippen LogP contribution in [-0.4, -0.2) is 11.7 Å². The molecule has 1 atom stereocenters. The van der Waals surface area contributed by atoms with Crippen molar-refractivity contribution < 1.29 is 5.11 Å². The van der Waals surface area contributed by atoms with Crippen LogP contribution in [-0.2, 0) is 0 Å². The van der Waals surface area contributed by atoms with Gasteiger partial charge in [-0.05, 0) is 24.1 Å². The predicted octanol–water partition coefficient (Wildman–Crippen LogP) is 2.74. The highest BCUT2D eigenvalue weighted by molar-refractivity contribution is 6.31. The van der Waals surface area contributed by atoms with E-state index in [9.17, 15) is 0 Å². The van der Waals surface area contributed by atoms with Crippen molar-refractivity contribution >= 4 is 11.6 Å². The molecule has 1 rings (SSSR count). The molecule has 2 heteroatoms. The second kappa shape index (κ2) is 3.92. The highest BCUT2D eigenvalue weighted by Crippen LogP contribution is 2.24. The van der Waals surface area contributed by atoms with E-state index >= 15 is 0 Å². The van der Waals surface area contributed by atoms with Crippen LogP contribution in [0.1, 0.15) is 24.0 Å². The summed E-state index contributed by atoms with van der Waals surface area (Å²) in [7, 11) is 0. The van der Waals surface area contributed by atoms with Gasteiger partial charge in [-0.3, -0.25) is 0 Å². The van der Waals surface area contributed by atoms with Gasteiger partial charge in [0.15, 0.2) is 0 Å². The quantitative estimate of drug-likeness (QED) is 0.750. The SMILES string of the molecule is Cc1c(Cl)cccc1C(C)CO. The smallest absolute Gasteiger partial charge is 0.0497 e. The van der Waals surface area contributed by atoms with Gasteiger partial charge < -0.3 is 5.11 Å². The molecule has 0 saturated carbocycles. The number of aliphatic hydroxyl groups excluding tert-OH is 1. The van der Waals surface area contributed by atoms with Crippen molar-refractivity contribution in [2.75, 3.05) is 6.61 Å². The summed E-state index contributed by atoms with van der Waals surface area (Å²) < 4.78 is 0. The van der Waals surface area contributed by atoms with Gasteiger partial charge in [-0.25, -0.2) is 0 Å². The highest BCUT2D eigenvalue weighted by atomic mass is 35.5. The minimum Gasteiger partial charge on any atom is -0.396 e. The topological polar surface area (TPSA) is 20.2 Å². The molecule has 0 aliphatic carbocycles. The van der Waals surface area contributed by atoms with Crippen molar-refractivity contribution in [3.8, 4) is 0 Å². The van der Waals surface area contributed by atoms with Gasteiger partial charge in [0.05, 0.1) is 0 Å². The molecule has 0 aromatic heterocycles. The Hall–Kier alpha value is -0.530. The Labute approximate surface area is 78.0 Å². The van der Waals surface area contributed by atoms with Crippen LogP contribution in [0.4, 0.5) is 0 Å². The summed E-state index contributed by atoms with van der Waals surface area (Å²) in [4.78, 5) is 0. The summed E-state index contributed by atoms with van der Waals surface area (Å²) in [6.07, 6.45) is 0. The zero-order valence-electron chi connectivity index (χ0n) is 7.34. The van der Waals surface area contributed by atoms with Gasteiger partial charge >= 0.3 is 0 Å². The first kappa shape index (κ1) is 9.56. The fourth-order valence-corrected chi connectivity index (χ4v) is 1.44. The minimum absolute atomic E-state index is 0.168. The van der Waals surface area contributed by atoms with Crippen molar-refractivity contribution in [1.29, 1.82) is 0 Å². The minimum atomic E-state index is 0.168. The average Bonchev–Trinajstić information content (AvgIpc) is 2.08. The molecule has 12 heavy (non-hydrogen) atoms. The van der Waals surface area contributed by atoms with E-state index in [0.717, 1.165) is 16.1 Å². The van der Waals surface area contributed by atoms with E-state index in [1.807, 2.05) is 32.0 Å². The van der Waals surface area contributed by atoms with E-state index in [0.29, 0.717) is 0 Å². The number of hydrogen-bond donors (Lipinski definition) is 1. The highest BCUT2D eigenvalue weighted by Gasteiger charge is 2.08. The largest absolute Gasteiger partial charge is 0.396 e. The van der Waals surface area contributed by atoms with Crippen LogP contribution in [0.25, 0.3) is 0 Å². The van der Waals surface area contributed by atoms with Gasteiger partial charge in [-0.15, -0.1) is 0 Å². The molecular weight excluding hydrogens is 172 g/mol. The molecule has 0 bridgehead atoms. The van der Waals surface area contributed by atoms with Crippen LogP contribution in [0.15, 0.2) is 18.2 Å². The van der Waals surface area contributed by atoms with Crippen molar-refractivity contribution in [2.45, 2.75) is 19.8 Å². The van der Waals surface area contributed by atoms with Crippen LogP contribution < -0.4 is 0 Å². The van der Waals surface area contributed by atoms with Crippen LogP contribution in [0.5, 0.6) is 0 Å². The summed E-state index contributed by atoms with van der Waals surface area (Å²) in [5.74, 6) is 0.170. The molecule has 0 amide bonds. The van der Waals surface area contributed by atoms with Crippen LogP contribution in [0, 0.1) is 6.92 Å². The fourth-order valence-electron chi connectivity index (χ4n) is 1.26. The summed E-state index contributed by atoms with van der Waals surface area (Å²) >= 11 is 5.93. The maximum Gasteiger partial charge on any atom is 0.0497 e. The van der Waals surface area contributed by atoms with Gasteiger partial charge in [0.2, 0.25) is 0 Å². The Bertz CT molecular complexity index is 271. The Morgan fingerprint density at radius 1 is 1.50 bits per heavy atom. The monoisotopic (exact) mass is 184 g/mol. The van der Waals surface area contributed by atoms with E-state index in [4.69, 9.17) is 16.7 Å². The Morgan fingerprint density at radius 3 is 2.75 bits per heavy atom. The molecule has 0 radical (unpaired) electrons. The molecule has 0 spiro atoms. The second-order valence-corrected chi connectivity index (χ2v) is 3.44. The Morgan fingerprint density at radius 2 is 2.17 bits per heavy atom. The maximum atomic E-state index is 8.96. The van der Waals surface area contributed by atoms with Gasteiger partial charge in [-0.1, -0.05) is 30.7 Å². The molecule has 0 aliphatic rings. The van der Waals surface area contributed by atoms with Crippen LogP contribution >= 0.6 is 11.6 Å². The molecule has 66 valence electrons. The normalized spacial score (nSPS) is 13.0. The molecule has 0 fully saturated rings. The van der Waals surface area contributed by atoms with Gasteiger partial charge in [-0.2, -0.15) is 0 Å². The standard InChI is InChI=1S/C10H13ClO/c1-7(6-12)9-4-3-5-10(11)8(9)2/h3-5,7,12H,6H2,1-2H3. The van der Waals surface area contributed by atoms with Crippen molar-refractivity contribution in [2.24, 2.45) is 0 Å². The lowest BCUT2D eigenvalue weighted by Gasteiger charge is -2.12. The zero-order chi connectivity index (χ0) is 9.14. The molecule has 1 aromatic carbocycles. The lowest BCUT2D eigenvalue weighted by molar-refractivity contribution is 0.273. The van der Waals surface area contributed by atoms with Gasteiger partial charge in [0, 0.05) is 17.5 Å². The molecule has 1 nitrogen and oxygen atoms in total. The average molecular weight is 185 g/mol. The molecule has 1 unspecified atom stereocenters. The van der Waals surface area contributed by atoms with E-state index in [1.165, 1.54) is 0 Å². The molecular formula is C10H13ClO. The lowest BCUT2D eigenvalue weighted by Crippen LogP contribution is -2.01. The van der Waals surface area contributed by atoms with Crippen molar-refractivity contribution in [3.63, 3.8) is 0 Å². The van der Waals surface area contributed by atoms with Crippen molar-refractivity contribution in [3.05, 3.63) is 34.3 Å². The Balaban J connectivity index is 3.07. The fraction of sp³-hybridized carbons (Fsp3) is 0.400. The van der Waals surface area contributed by atoms with Crippen LogP contribution in [0.3, 0.4) is 0 Å². The molecule has 0 aliphatic heterocycles. The van der Waals surface area contributed by atoms with Crippen LogP contribution in [0.2, 0.25) is 5.02 Å². The summed E-state index contributed by atoms with van der Waals surface area (Å²) in [6.45, 7) is 4.13. The zero-order valence-corrected chi connectivity index (χ0v) is 8.10. The molecule has 0 heterocycles. The van der Waals surface area contributed by atoms with Crippen molar-refractivity contribution in [1.82, 2.24) is 0 Å². The summed E-state index contributed by atoms with van der Waals surface area (Å²) in [5, 5.41) is 9.73. The second-order valence-electron chi connectivity index (χ2n) is 3.04. The molecule has 1 aromatic rings. The third-order valence-corrected chi connectivity index (χ3v) is 2.52. The number of rotatable bonds is 2. The first-order valence-electron chi connectivity index (χ1n) is 4.02. The molecule has 1 N–H and O–H groups in total. The first-order chi connectivity index (χ1) is 5.66. The molecule has 0 saturated heterocycles. The third-order valence-electron chi connectivity index (χ3n) is 2.11. The van der Waals surface area contributed by atoms with E-state index in [2.05, 4.69) is 0 Å². The third kappa shape index (κ3) is 1.79. The maximum absolute atomic E-state index is 8.96. The van der Waals surface area contributed by atoms with E-state index in [-0.39, 0.29) is 12.5 Å². The van der Waals surface area contributed by atoms with E-state index in [1.54, 1.807) is 0 Å². The lowest BCUT2D eigenvalue weighted by atomic mass is 9.97. The number of halogens is 1. The first-order valence-corrected chi connectivity index (χ1v) is 4.40. The van der Waals surface area contributed by atoms with Gasteiger partial charge in [0.1, 0.15) is 0 Å².